The maximum atomic E-state index is 9.89. The quantitative estimate of drug-likeness (QED) is 0.0848. The second kappa shape index (κ2) is 30.9. The summed E-state index contributed by atoms with van der Waals surface area (Å²) in [6, 6.07) is 62.2. The number of halogens is 1. The Kier molecular flexibility index (Phi) is 23.9. The third-order valence-corrected chi connectivity index (χ3v) is 17.7. The van der Waals surface area contributed by atoms with Gasteiger partial charge in [0.1, 0.15) is 7.40 Å². The molecule has 0 aliphatic carbocycles. The average Bonchev–Trinajstić information content (AvgIpc) is 3.39. The molecule has 8 rings (SSSR count). The Balaban J connectivity index is 0.000000225. The number of nitrogens with two attached hydrogens (primary N) is 2. The zero-order chi connectivity index (χ0) is 52.5. The first-order valence-corrected chi connectivity index (χ1v) is 30.5. The molecule has 0 fully saturated rings. The maximum absolute atomic E-state index is 9.89. The molecule has 0 saturated heterocycles. The van der Waals surface area contributed by atoms with Crippen LogP contribution in [0.25, 0.3) is 23.5 Å². The molecule has 2 heterocycles. The molecule has 10 nitrogen and oxygen atoms in total. The van der Waals surface area contributed by atoms with E-state index in [9.17, 15) is 4.32 Å². The second-order valence-electron chi connectivity index (χ2n) is 15.2. The van der Waals surface area contributed by atoms with Crippen molar-refractivity contribution in [2.24, 2.45) is 11.5 Å². The third-order valence-electron chi connectivity index (χ3n) is 9.76. The van der Waals surface area contributed by atoms with E-state index in [0.717, 1.165) is 43.5 Å². The first-order valence-electron chi connectivity index (χ1n) is 23.6. The molecule has 6 aromatic carbocycles. The Morgan fingerprint density at radius 1 is 0.432 bits per heavy atom. The van der Waals surface area contributed by atoms with Crippen LogP contribution in [0.5, 0.6) is 23.0 Å². The molecular formula is C58H56BFN2O8Se4. The van der Waals surface area contributed by atoms with E-state index in [1.165, 1.54) is 26.8 Å². The van der Waals surface area contributed by atoms with Crippen LogP contribution < -0.4 is 76.6 Å². The topological polar surface area (TPSA) is 158 Å². The largest absolute Gasteiger partial charge is 0.867 e. The van der Waals surface area contributed by atoms with Gasteiger partial charge in [-0.15, -0.1) is 0 Å². The summed E-state index contributed by atoms with van der Waals surface area (Å²) in [6.07, 6.45) is 3.81. The van der Waals surface area contributed by atoms with E-state index in [2.05, 4.69) is 121 Å². The molecule has 0 aliphatic rings. The SMILES string of the molecule is CCOc1ccc(/C(N)=C/c2cc([Se]c3ccccc3)cc([Se]c3ccccc3)[o+]2)cc1OCC.CCOc1ccc(/C(N)=C/c2cc([Se]c3ccccc3)cc([Se]c3ccccc3)[o+]2)cc1OCC.[O-]B([O-])F. The number of ether oxygens (including phenoxy) is 4. The Morgan fingerprint density at radius 3 is 1.04 bits per heavy atom. The van der Waals surface area contributed by atoms with Crippen molar-refractivity contribution in [3.8, 4) is 23.0 Å². The van der Waals surface area contributed by atoms with Crippen molar-refractivity contribution < 1.29 is 42.1 Å². The van der Waals surface area contributed by atoms with Crippen molar-refractivity contribution in [2.75, 3.05) is 26.4 Å². The molecule has 0 amide bonds. The van der Waals surface area contributed by atoms with Crippen LogP contribution >= 0.6 is 0 Å². The summed E-state index contributed by atoms with van der Waals surface area (Å²) in [4.78, 5) is 0. The summed E-state index contributed by atoms with van der Waals surface area (Å²) >= 11 is 0.446. The Morgan fingerprint density at radius 2 is 0.730 bits per heavy atom. The van der Waals surface area contributed by atoms with E-state index in [-0.39, 0.29) is 59.8 Å². The van der Waals surface area contributed by atoms with E-state index >= 15 is 0 Å². The normalized spacial score (nSPS) is 11.1. The number of benzene rings is 6. The van der Waals surface area contributed by atoms with E-state index < -0.39 is 7.40 Å². The van der Waals surface area contributed by atoms with Gasteiger partial charge in [-0.2, -0.15) is 0 Å². The predicted molar refractivity (Wildman–Crippen MR) is 301 cm³/mol. The van der Waals surface area contributed by atoms with Gasteiger partial charge in [0.05, 0.1) is 0 Å². The monoisotopic (exact) mass is 1260 g/mol. The number of hydrogen-bond donors (Lipinski definition) is 2. The van der Waals surface area contributed by atoms with E-state index in [1.54, 1.807) is 0 Å². The van der Waals surface area contributed by atoms with Gasteiger partial charge in [0.2, 0.25) is 0 Å². The van der Waals surface area contributed by atoms with E-state index in [4.69, 9.17) is 49.3 Å². The van der Waals surface area contributed by atoms with Crippen molar-refractivity contribution in [2.45, 2.75) is 27.7 Å². The van der Waals surface area contributed by atoms with Crippen LogP contribution in [-0.4, -0.2) is 93.7 Å². The zero-order valence-electron chi connectivity index (χ0n) is 41.3. The van der Waals surface area contributed by atoms with Crippen molar-refractivity contribution in [1.29, 1.82) is 0 Å². The van der Waals surface area contributed by atoms with Gasteiger partial charge >= 0.3 is 440 Å². The minimum Gasteiger partial charge on any atom is -0.867 e. The van der Waals surface area contributed by atoms with E-state index in [1.807, 2.05) is 101 Å². The number of rotatable bonds is 20. The molecule has 8 aromatic rings. The Bertz CT molecular complexity index is 2710. The molecule has 0 bridgehead atoms. The maximum Gasteiger partial charge on any atom is 0.121 e. The summed E-state index contributed by atoms with van der Waals surface area (Å²) in [6.45, 7) is 10.1. The van der Waals surface area contributed by atoms with Crippen LogP contribution in [0, 0.1) is 0 Å². The Hall–Kier alpha value is -6.11. The van der Waals surface area contributed by atoms with Crippen LogP contribution in [0.3, 0.4) is 0 Å². The van der Waals surface area contributed by atoms with Crippen LogP contribution in [-0.2, 0) is 0 Å². The first-order chi connectivity index (χ1) is 36.0. The molecule has 2 aromatic heterocycles. The molecule has 0 saturated carbocycles. The van der Waals surface area contributed by atoms with Gasteiger partial charge < -0.3 is 14.4 Å². The molecule has 0 spiro atoms. The van der Waals surface area contributed by atoms with Crippen molar-refractivity contribution in [1.82, 2.24) is 0 Å². The fourth-order valence-electron chi connectivity index (χ4n) is 6.70. The van der Waals surface area contributed by atoms with Crippen molar-refractivity contribution >= 4 is 127 Å². The zero-order valence-corrected chi connectivity index (χ0v) is 48.2. The van der Waals surface area contributed by atoms with Gasteiger partial charge in [0, 0.05) is 0 Å². The van der Waals surface area contributed by atoms with Crippen molar-refractivity contribution in [3.05, 3.63) is 205 Å². The van der Waals surface area contributed by atoms with Gasteiger partial charge in [-0.1, -0.05) is 0 Å². The summed E-state index contributed by atoms with van der Waals surface area (Å²) in [7, 11) is -3.17. The molecule has 4 N–H and O–H groups in total. The molecule has 380 valence electrons. The summed E-state index contributed by atoms with van der Waals surface area (Å²) < 4.78 is 55.1. The molecule has 0 radical (unpaired) electrons. The summed E-state index contributed by atoms with van der Waals surface area (Å²) in [5.74, 6) is 4.31. The van der Waals surface area contributed by atoms with Crippen LogP contribution in [0.1, 0.15) is 50.3 Å². The van der Waals surface area contributed by atoms with Crippen molar-refractivity contribution in [3.63, 3.8) is 0 Å². The van der Waals surface area contributed by atoms with Gasteiger partial charge in [0.15, 0.2) is 0 Å². The van der Waals surface area contributed by atoms with Crippen LogP contribution in [0.15, 0.2) is 191 Å². The fraction of sp³-hybridized carbons (Fsp3) is 0.138. The van der Waals surface area contributed by atoms with Crippen LogP contribution in [0.4, 0.5) is 4.32 Å². The standard InChI is InChI=1S/2C29H28NO3Se2.BFO2/c2*1-3-31-27-16-15-21(17-28(27)32-4-2)26(30)19-22-18-25(34-23-11-7-5-8-12-23)20-29(33-22)35-24-13-9-6-10-14-24;2-1(3)4/h2*5-20H,3-4,30H2,1-2H3;/q2*+1;-2/b2*26-19-;. The molecular weight excluding hydrogens is 1200 g/mol. The van der Waals surface area contributed by atoms with Gasteiger partial charge in [-0.25, -0.2) is 0 Å². The molecule has 0 unspecified atom stereocenters. The minimum atomic E-state index is -3.17. The number of hydrogen-bond acceptors (Lipinski definition) is 8. The molecule has 0 aliphatic heterocycles. The first kappa shape index (κ1) is 57.2. The van der Waals surface area contributed by atoms with E-state index in [0.29, 0.717) is 49.3 Å². The molecule has 0 atom stereocenters. The summed E-state index contributed by atoms with van der Waals surface area (Å²) in [5, 5.41) is 16.6. The van der Waals surface area contributed by atoms with Crippen LogP contribution in [0.2, 0.25) is 0 Å². The summed E-state index contributed by atoms with van der Waals surface area (Å²) in [5.41, 5.74) is 16.0. The Labute approximate surface area is 458 Å². The van der Waals surface area contributed by atoms with Gasteiger partial charge in [-0.05, 0) is 0 Å². The van der Waals surface area contributed by atoms with Gasteiger partial charge in [-0.3, -0.25) is 0 Å². The second-order valence-corrected chi connectivity index (χ2v) is 24.6. The average molecular weight is 1250 g/mol. The molecule has 16 heteroatoms. The minimum absolute atomic E-state index is 0.0582. The third kappa shape index (κ3) is 19.3. The predicted octanol–water partition coefficient (Wildman–Crippen LogP) is 3.91. The molecule has 74 heavy (non-hydrogen) atoms. The fourth-order valence-corrected chi connectivity index (χ4v) is 14.8. The van der Waals surface area contributed by atoms with Gasteiger partial charge in [0.25, 0.3) is 0 Å². The smallest absolute Gasteiger partial charge is 0.121 e.